The van der Waals surface area contributed by atoms with Gasteiger partial charge in [-0.1, -0.05) is 42.5 Å². The van der Waals surface area contributed by atoms with Gasteiger partial charge in [-0.2, -0.15) is 0 Å². The van der Waals surface area contributed by atoms with Crippen LogP contribution in [0.4, 0.5) is 0 Å². The van der Waals surface area contributed by atoms with Crippen LogP contribution in [0.2, 0.25) is 0 Å². The first-order valence-electron chi connectivity index (χ1n) is 11.0. The SMILES string of the molecule is COc1ccc(CCC(=O)N2CCCC(Cc3nncn3Cc3ccccc3)C2)cc1. The first-order valence-corrected chi connectivity index (χ1v) is 11.0. The van der Waals surface area contributed by atoms with Gasteiger partial charge in [-0.15, -0.1) is 10.2 Å². The molecule has 0 spiro atoms. The largest absolute Gasteiger partial charge is 0.497 e. The maximum absolute atomic E-state index is 12.8. The lowest BCUT2D eigenvalue weighted by Gasteiger charge is -2.32. The molecule has 6 nitrogen and oxygen atoms in total. The van der Waals surface area contributed by atoms with E-state index in [9.17, 15) is 4.79 Å². The molecule has 0 radical (unpaired) electrons. The number of hydrogen-bond donors (Lipinski definition) is 0. The molecule has 0 N–H and O–H groups in total. The molecule has 1 unspecified atom stereocenters. The van der Waals surface area contributed by atoms with E-state index in [0.717, 1.165) is 62.5 Å². The van der Waals surface area contributed by atoms with Crippen LogP contribution in [0, 0.1) is 5.92 Å². The highest BCUT2D eigenvalue weighted by molar-refractivity contribution is 5.76. The van der Waals surface area contributed by atoms with Crippen molar-refractivity contribution in [2.24, 2.45) is 5.92 Å². The van der Waals surface area contributed by atoms with Gasteiger partial charge >= 0.3 is 0 Å². The summed E-state index contributed by atoms with van der Waals surface area (Å²) >= 11 is 0. The maximum Gasteiger partial charge on any atom is 0.222 e. The Labute approximate surface area is 183 Å². The van der Waals surface area contributed by atoms with Gasteiger partial charge in [0.1, 0.15) is 17.9 Å². The third-order valence-corrected chi connectivity index (χ3v) is 6.02. The zero-order valence-corrected chi connectivity index (χ0v) is 18.1. The summed E-state index contributed by atoms with van der Waals surface area (Å²) in [5, 5.41) is 8.50. The molecule has 1 aliphatic heterocycles. The Morgan fingerprint density at radius 2 is 1.90 bits per heavy atom. The summed E-state index contributed by atoms with van der Waals surface area (Å²) < 4.78 is 7.32. The fourth-order valence-corrected chi connectivity index (χ4v) is 4.27. The van der Waals surface area contributed by atoms with Crippen molar-refractivity contribution in [1.82, 2.24) is 19.7 Å². The van der Waals surface area contributed by atoms with Crippen molar-refractivity contribution in [2.75, 3.05) is 20.2 Å². The van der Waals surface area contributed by atoms with Crippen molar-refractivity contribution in [3.05, 3.63) is 77.9 Å². The molecule has 4 rings (SSSR count). The van der Waals surface area contributed by atoms with Gasteiger partial charge in [0.05, 0.1) is 13.7 Å². The fraction of sp³-hybridized carbons (Fsp3) is 0.400. The summed E-state index contributed by atoms with van der Waals surface area (Å²) in [5.74, 6) is 2.51. The molecule has 2 heterocycles. The average Bonchev–Trinajstić information content (AvgIpc) is 3.25. The lowest BCUT2D eigenvalue weighted by molar-refractivity contribution is -0.133. The van der Waals surface area contributed by atoms with E-state index in [2.05, 4.69) is 39.0 Å². The number of methoxy groups -OCH3 is 1. The van der Waals surface area contributed by atoms with E-state index in [-0.39, 0.29) is 5.91 Å². The average molecular weight is 419 g/mol. The molecule has 1 amide bonds. The first kappa shape index (κ1) is 21.1. The molecule has 31 heavy (non-hydrogen) atoms. The molecular weight excluding hydrogens is 388 g/mol. The van der Waals surface area contributed by atoms with Gasteiger partial charge in [0.2, 0.25) is 5.91 Å². The summed E-state index contributed by atoms with van der Waals surface area (Å²) in [4.78, 5) is 14.9. The molecular formula is C25H30N4O2. The Kier molecular flexibility index (Phi) is 6.97. The zero-order valence-electron chi connectivity index (χ0n) is 18.1. The fourth-order valence-electron chi connectivity index (χ4n) is 4.27. The molecule has 1 aliphatic rings. The van der Waals surface area contributed by atoms with Crippen molar-refractivity contribution in [3.63, 3.8) is 0 Å². The Morgan fingerprint density at radius 3 is 2.68 bits per heavy atom. The van der Waals surface area contributed by atoms with Crippen molar-refractivity contribution in [2.45, 2.75) is 38.6 Å². The van der Waals surface area contributed by atoms with E-state index in [1.165, 1.54) is 5.56 Å². The number of ether oxygens (including phenoxy) is 1. The lowest BCUT2D eigenvalue weighted by atomic mass is 9.94. The summed E-state index contributed by atoms with van der Waals surface area (Å²) in [5.41, 5.74) is 2.40. The molecule has 1 fully saturated rings. The molecule has 2 aromatic carbocycles. The molecule has 0 saturated carbocycles. The Hall–Kier alpha value is -3.15. The van der Waals surface area contributed by atoms with Crippen LogP contribution in [-0.4, -0.2) is 45.8 Å². The topological polar surface area (TPSA) is 60.2 Å². The number of amides is 1. The molecule has 1 aromatic heterocycles. The maximum atomic E-state index is 12.8. The van der Waals surface area contributed by atoms with E-state index < -0.39 is 0 Å². The number of carbonyl (C=O) groups is 1. The summed E-state index contributed by atoms with van der Waals surface area (Å²) in [6.45, 7) is 2.44. The van der Waals surface area contributed by atoms with Crippen LogP contribution in [0.15, 0.2) is 60.9 Å². The standard InChI is InChI=1S/C25H30N4O2/c1-31-23-12-9-20(10-13-23)11-14-25(30)28-15-5-8-22(18-28)16-24-27-26-19-29(24)17-21-6-3-2-4-7-21/h2-4,6-7,9-10,12-13,19,22H,5,8,11,14-18H2,1H3. The number of aromatic nitrogens is 3. The van der Waals surface area contributed by atoms with Crippen LogP contribution in [0.3, 0.4) is 0 Å². The van der Waals surface area contributed by atoms with Gasteiger partial charge in [0.15, 0.2) is 0 Å². The Morgan fingerprint density at radius 1 is 1.10 bits per heavy atom. The second-order valence-electron chi connectivity index (χ2n) is 8.26. The van der Waals surface area contributed by atoms with E-state index in [1.807, 2.05) is 41.6 Å². The monoisotopic (exact) mass is 418 g/mol. The summed E-state index contributed by atoms with van der Waals surface area (Å²) in [7, 11) is 1.66. The van der Waals surface area contributed by atoms with E-state index in [0.29, 0.717) is 12.3 Å². The smallest absolute Gasteiger partial charge is 0.222 e. The molecule has 1 atom stereocenters. The second-order valence-corrected chi connectivity index (χ2v) is 8.26. The third kappa shape index (κ3) is 5.72. The highest BCUT2D eigenvalue weighted by Gasteiger charge is 2.25. The highest BCUT2D eigenvalue weighted by Crippen LogP contribution is 2.22. The quantitative estimate of drug-likeness (QED) is 0.559. The summed E-state index contributed by atoms with van der Waals surface area (Å²) in [6, 6.07) is 18.3. The van der Waals surface area contributed by atoms with Crippen molar-refractivity contribution in [1.29, 1.82) is 0 Å². The molecule has 0 aliphatic carbocycles. The van der Waals surface area contributed by atoms with E-state index in [4.69, 9.17) is 4.74 Å². The number of nitrogens with zero attached hydrogens (tertiary/aromatic N) is 4. The van der Waals surface area contributed by atoms with Gasteiger partial charge < -0.3 is 14.2 Å². The minimum Gasteiger partial charge on any atom is -0.497 e. The number of rotatable bonds is 8. The van der Waals surface area contributed by atoms with Gasteiger partial charge in [-0.25, -0.2) is 0 Å². The number of aryl methyl sites for hydroxylation is 1. The van der Waals surface area contributed by atoms with Crippen LogP contribution < -0.4 is 4.74 Å². The number of piperidine rings is 1. The molecule has 3 aromatic rings. The second kappa shape index (κ2) is 10.2. The predicted octanol–water partition coefficient (Wildman–Crippen LogP) is 3.75. The lowest BCUT2D eigenvalue weighted by Crippen LogP contribution is -2.40. The van der Waals surface area contributed by atoms with Gasteiger partial charge in [0, 0.05) is 25.9 Å². The zero-order chi connectivity index (χ0) is 21.5. The first-order chi connectivity index (χ1) is 15.2. The Bertz CT molecular complexity index is 969. The summed E-state index contributed by atoms with van der Waals surface area (Å²) in [6.07, 6.45) is 6.14. The van der Waals surface area contributed by atoms with Crippen molar-refractivity contribution >= 4 is 5.91 Å². The van der Waals surface area contributed by atoms with Gasteiger partial charge in [0.25, 0.3) is 0 Å². The van der Waals surface area contributed by atoms with E-state index in [1.54, 1.807) is 7.11 Å². The molecule has 6 heteroatoms. The van der Waals surface area contributed by atoms with Crippen LogP contribution in [0.1, 0.15) is 36.2 Å². The Balaban J connectivity index is 1.30. The minimum absolute atomic E-state index is 0.242. The van der Waals surface area contributed by atoms with Crippen LogP contribution in [-0.2, 0) is 24.2 Å². The number of benzene rings is 2. The minimum atomic E-state index is 0.242. The van der Waals surface area contributed by atoms with Crippen LogP contribution >= 0.6 is 0 Å². The van der Waals surface area contributed by atoms with E-state index >= 15 is 0 Å². The van der Waals surface area contributed by atoms with Gasteiger partial charge in [-0.05, 0) is 48.4 Å². The van der Waals surface area contributed by atoms with Crippen molar-refractivity contribution < 1.29 is 9.53 Å². The number of likely N-dealkylation sites (tertiary alicyclic amines) is 1. The molecule has 0 bridgehead atoms. The normalized spacial score (nSPS) is 16.3. The number of carbonyl (C=O) groups excluding carboxylic acids is 1. The van der Waals surface area contributed by atoms with Crippen LogP contribution in [0.5, 0.6) is 5.75 Å². The highest BCUT2D eigenvalue weighted by atomic mass is 16.5. The molecule has 162 valence electrons. The van der Waals surface area contributed by atoms with Crippen molar-refractivity contribution in [3.8, 4) is 5.75 Å². The number of hydrogen-bond acceptors (Lipinski definition) is 4. The van der Waals surface area contributed by atoms with Gasteiger partial charge in [-0.3, -0.25) is 4.79 Å². The third-order valence-electron chi connectivity index (χ3n) is 6.02. The predicted molar refractivity (Wildman–Crippen MR) is 120 cm³/mol. The molecule has 1 saturated heterocycles. The van der Waals surface area contributed by atoms with Crippen LogP contribution in [0.25, 0.3) is 0 Å².